The van der Waals surface area contributed by atoms with E-state index in [0.29, 0.717) is 34.3 Å². The lowest BCUT2D eigenvalue weighted by molar-refractivity contribution is -0.149. The Bertz CT molecular complexity index is 1300. The summed E-state index contributed by atoms with van der Waals surface area (Å²) in [6.07, 6.45) is 1.79. The van der Waals surface area contributed by atoms with Crippen LogP contribution in [0.3, 0.4) is 0 Å². The number of ether oxygens (including phenoxy) is 2. The van der Waals surface area contributed by atoms with Crippen molar-refractivity contribution in [1.29, 1.82) is 5.26 Å². The molecular formula is C29H36N4O4S. The molecule has 0 spiro atoms. The Kier molecular flexibility index (Phi) is 9.95. The van der Waals surface area contributed by atoms with Crippen LogP contribution in [0.1, 0.15) is 70.7 Å². The minimum atomic E-state index is -0.568. The van der Waals surface area contributed by atoms with Gasteiger partial charge in [-0.3, -0.25) is 9.52 Å². The molecule has 2 aromatic carbocycles. The predicted molar refractivity (Wildman–Crippen MR) is 149 cm³/mol. The Morgan fingerprint density at radius 3 is 2.74 bits per heavy atom. The zero-order valence-electron chi connectivity index (χ0n) is 23.1. The van der Waals surface area contributed by atoms with Crippen LogP contribution in [0, 0.1) is 16.7 Å². The highest BCUT2D eigenvalue weighted by molar-refractivity contribution is 7.97. The van der Waals surface area contributed by atoms with Gasteiger partial charge in [-0.2, -0.15) is 10.2 Å². The third-order valence-electron chi connectivity index (χ3n) is 6.04. The van der Waals surface area contributed by atoms with Gasteiger partial charge in [-0.15, -0.1) is 0 Å². The van der Waals surface area contributed by atoms with Gasteiger partial charge in [0.15, 0.2) is 0 Å². The summed E-state index contributed by atoms with van der Waals surface area (Å²) < 4.78 is 19.7. The minimum Gasteiger partial charge on any atom is -0.490 e. The molecule has 1 aliphatic rings. The van der Waals surface area contributed by atoms with E-state index in [4.69, 9.17) is 14.0 Å². The van der Waals surface area contributed by atoms with Crippen LogP contribution in [-0.2, 0) is 16.0 Å². The zero-order valence-corrected chi connectivity index (χ0v) is 23.9. The molecule has 202 valence electrons. The second-order valence-corrected chi connectivity index (χ2v) is 10.5. The Balaban J connectivity index is 0.00000195. The number of aromatic nitrogens is 2. The molecule has 3 aromatic rings. The highest BCUT2D eigenvalue weighted by Gasteiger charge is 2.31. The molecule has 1 N–H and O–H groups in total. The van der Waals surface area contributed by atoms with Crippen LogP contribution in [0.15, 0.2) is 40.9 Å². The van der Waals surface area contributed by atoms with Gasteiger partial charge >= 0.3 is 5.97 Å². The number of rotatable bonds is 9. The van der Waals surface area contributed by atoms with Crippen molar-refractivity contribution in [3.8, 4) is 34.7 Å². The molecule has 1 unspecified atom stereocenters. The Labute approximate surface area is 229 Å². The first-order valence-corrected chi connectivity index (χ1v) is 13.8. The van der Waals surface area contributed by atoms with E-state index in [1.54, 1.807) is 12.1 Å². The average Bonchev–Trinajstić information content (AvgIpc) is 3.57. The van der Waals surface area contributed by atoms with E-state index in [-0.39, 0.29) is 18.1 Å². The number of esters is 1. The summed E-state index contributed by atoms with van der Waals surface area (Å²) in [5, 5.41) is 13.8. The SMILES string of the molecule is CC.COC(=O)C(C)(C)CSNC1CCc2c(-c3noc(-c4ccc(OC(C)C)c(C#N)c4)n3)cccc21. The van der Waals surface area contributed by atoms with Crippen molar-refractivity contribution in [1.82, 2.24) is 14.9 Å². The molecule has 0 saturated carbocycles. The van der Waals surface area contributed by atoms with Crippen molar-refractivity contribution in [2.24, 2.45) is 5.41 Å². The Morgan fingerprint density at radius 2 is 2.05 bits per heavy atom. The van der Waals surface area contributed by atoms with Gasteiger partial charge in [0.05, 0.1) is 24.2 Å². The van der Waals surface area contributed by atoms with Gasteiger partial charge in [-0.1, -0.05) is 49.2 Å². The number of benzene rings is 2. The fourth-order valence-corrected chi connectivity index (χ4v) is 5.21. The van der Waals surface area contributed by atoms with Crippen LogP contribution < -0.4 is 9.46 Å². The van der Waals surface area contributed by atoms with Crippen molar-refractivity contribution in [2.75, 3.05) is 12.9 Å². The van der Waals surface area contributed by atoms with E-state index in [0.717, 1.165) is 18.4 Å². The first kappa shape index (κ1) is 29.2. The summed E-state index contributed by atoms with van der Waals surface area (Å²) in [4.78, 5) is 16.6. The summed E-state index contributed by atoms with van der Waals surface area (Å²) in [5.74, 6) is 1.78. The average molecular weight is 537 g/mol. The molecular weight excluding hydrogens is 500 g/mol. The van der Waals surface area contributed by atoms with Crippen LogP contribution in [0.2, 0.25) is 0 Å². The summed E-state index contributed by atoms with van der Waals surface area (Å²) >= 11 is 1.54. The smallest absolute Gasteiger partial charge is 0.312 e. The zero-order chi connectivity index (χ0) is 27.9. The molecule has 9 heteroatoms. The van der Waals surface area contributed by atoms with Gasteiger partial charge in [0, 0.05) is 22.9 Å². The quantitative estimate of drug-likeness (QED) is 0.241. The van der Waals surface area contributed by atoms with Crippen molar-refractivity contribution >= 4 is 17.9 Å². The summed E-state index contributed by atoms with van der Waals surface area (Å²) in [6, 6.07) is 13.7. The molecule has 1 aliphatic carbocycles. The van der Waals surface area contributed by atoms with Gasteiger partial charge in [-0.05, 0) is 69.9 Å². The molecule has 4 rings (SSSR count). The fraction of sp³-hybridized carbons (Fsp3) is 0.448. The number of methoxy groups -OCH3 is 1. The molecule has 0 bridgehead atoms. The van der Waals surface area contributed by atoms with Crippen molar-refractivity contribution in [3.63, 3.8) is 0 Å². The maximum absolute atomic E-state index is 12.0. The lowest BCUT2D eigenvalue weighted by Gasteiger charge is -2.22. The summed E-state index contributed by atoms with van der Waals surface area (Å²) in [5.41, 5.74) is 3.84. The van der Waals surface area contributed by atoms with E-state index in [9.17, 15) is 10.1 Å². The number of nitriles is 1. The van der Waals surface area contributed by atoms with Crippen LogP contribution >= 0.6 is 11.9 Å². The van der Waals surface area contributed by atoms with Crippen LogP contribution in [0.5, 0.6) is 5.75 Å². The molecule has 1 aromatic heterocycles. The highest BCUT2D eigenvalue weighted by atomic mass is 32.2. The molecule has 0 fully saturated rings. The second-order valence-electron chi connectivity index (χ2n) is 9.66. The lowest BCUT2D eigenvalue weighted by Crippen LogP contribution is -2.29. The van der Waals surface area contributed by atoms with Crippen molar-refractivity contribution in [3.05, 3.63) is 53.1 Å². The largest absolute Gasteiger partial charge is 0.490 e. The number of carbonyl (C=O) groups is 1. The van der Waals surface area contributed by atoms with E-state index < -0.39 is 5.41 Å². The second kappa shape index (κ2) is 12.9. The standard InChI is InChI=1S/C27H30N4O4S.C2H6/c1-16(2)34-23-12-9-17(13-18(23)14-28)25-29-24(30-35-25)21-8-6-7-20-19(21)10-11-22(20)31-36-15-27(3,4)26(32)33-5;1-2/h6-9,12-13,16,22,31H,10-11,15H2,1-5H3;1-2H3. The molecule has 38 heavy (non-hydrogen) atoms. The third-order valence-corrected chi connectivity index (χ3v) is 7.36. The molecule has 1 atom stereocenters. The van der Waals surface area contributed by atoms with Gasteiger partial charge in [0.1, 0.15) is 11.8 Å². The summed E-state index contributed by atoms with van der Waals surface area (Å²) in [6.45, 7) is 11.6. The lowest BCUT2D eigenvalue weighted by atomic mass is 9.97. The number of fused-ring (bicyclic) bond motifs is 1. The van der Waals surface area contributed by atoms with Crippen molar-refractivity contribution in [2.45, 2.75) is 66.5 Å². The number of hydrogen-bond donors (Lipinski definition) is 1. The van der Waals surface area contributed by atoms with Gasteiger partial charge < -0.3 is 14.0 Å². The van der Waals surface area contributed by atoms with E-state index >= 15 is 0 Å². The summed E-state index contributed by atoms with van der Waals surface area (Å²) in [7, 11) is 1.42. The van der Waals surface area contributed by atoms with Gasteiger partial charge in [0.2, 0.25) is 5.82 Å². The maximum atomic E-state index is 12.0. The van der Waals surface area contributed by atoms with Gasteiger partial charge in [0.25, 0.3) is 5.89 Å². The van der Waals surface area contributed by atoms with Crippen LogP contribution in [0.4, 0.5) is 0 Å². The first-order valence-electron chi connectivity index (χ1n) is 12.9. The fourth-order valence-electron chi connectivity index (χ4n) is 4.20. The minimum absolute atomic E-state index is 0.0332. The third kappa shape index (κ3) is 6.55. The van der Waals surface area contributed by atoms with Crippen molar-refractivity contribution < 1.29 is 18.8 Å². The monoisotopic (exact) mass is 536 g/mol. The van der Waals surface area contributed by atoms with E-state index in [2.05, 4.69) is 27.0 Å². The topological polar surface area (TPSA) is 110 Å². The molecule has 8 nitrogen and oxygen atoms in total. The number of hydrogen-bond acceptors (Lipinski definition) is 9. The molecule has 0 radical (unpaired) electrons. The first-order chi connectivity index (χ1) is 18.2. The number of carbonyl (C=O) groups excluding carboxylic acids is 1. The Hall–Kier alpha value is -3.35. The van der Waals surface area contributed by atoms with E-state index in [1.165, 1.54) is 30.2 Å². The van der Waals surface area contributed by atoms with Crippen LogP contribution in [0.25, 0.3) is 22.8 Å². The number of nitrogens with one attached hydrogen (secondary N) is 1. The molecule has 0 aliphatic heterocycles. The molecule has 0 saturated heterocycles. The normalized spacial score (nSPS) is 14.3. The van der Waals surface area contributed by atoms with Gasteiger partial charge in [-0.25, -0.2) is 0 Å². The molecule has 0 amide bonds. The predicted octanol–water partition coefficient (Wildman–Crippen LogP) is 6.51. The Morgan fingerprint density at radius 1 is 1.29 bits per heavy atom. The number of nitrogens with zero attached hydrogens (tertiary/aromatic N) is 3. The van der Waals surface area contributed by atoms with Crippen LogP contribution in [-0.4, -0.2) is 35.1 Å². The highest BCUT2D eigenvalue weighted by Crippen LogP contribution is 2.39. The molecule has 1 heterocycles. The van der Waals surface area contributed by atoms with E-state index in [1.807, 2.05) is 59.7 Å². The maximum Gasteiger partial charge on any atom is 0.312 e.